The number of hydrogen-bond donors (Lipinski definition) is 0. The van der Waals surface area contributed by atoms with Gasteiger partial charge in [0.25, 0.3) is 0 Å². The molecule has 3 aliphatic rings. The topological polar surface area (TPSA) is 9.72 Å². The maximum absolute atomic E-state index is 2.68. The first-order valence-corrected chi connectivity index (χ1v) is 16.4. The van der Waals surface area contributed by atoms with Crippen LogP contribution in [0.1, 0.15) is 0 Å². The summed E-state index contributed by atoms with van der Waals surface area (Å²) in [5, 5.41) is 10.5. The van der Waals surface area contributed by atoms with Crippen molar-refractivity contribution >= 4 is 96.3 Å². The molecule has 0 spiro atoms. The van der Waals surface area contributed by atoms with Crippen LogP contribution in [0.2, 0.25) is 0 Å². The fraction of sp³-hybridized carbons (Fsp3) is 0. The molecule has 8 aromatic carbocycles. The third-order valence-corrected chi connectivity index (χ3v) is 10.6. The molecule has 0 unspecified atom stereocenters. The molecule has 0 saturated heterocycles. The molecule has 3 heterocycles. The number of rotatable bonds is 2. The lowest BCUT2D eigenvalue weighted by atomic mass is 9.38. The van der Waals surface area contributed by atoms with E-state index >= 15 is 0 Å². The standard InChI is InChI=1S/C42H27B2N3/c1-3-14-28(15-4-1)43-42-39(27-26-34-32-20-8-7-18-30(32)31-19-9-10-21-33(31)40(34)42)46-38-25-13-24-37-41(38)44(47(43)46)35-22-11-12-23-36(35)45(37)29-16-5-2-6-17-29/h1-27H. The van der Waals surface area contributed by atoms with E-state index in [1.807, 2.05) is 0 Å². The van der Waals surface area contributed by atoms with Gasteiger partial charge >= 0.3 is 13.7 Å². The van der Waals surface area contributed by atoms with Crippen LogP contribution >= 0.6 is 0 Å². The van der Waals surface area contributed by atoms with Crippen LogP contribution in [-0.4, -0.2) is 18.5 Å². The van der Waals surface area contributed by atoms with E-state index in [1.165, 1.54) is 82.6 Å². The summed E-state index contributed by atoms with van der Waals surface area (Å²) in [5.41, 5.74) is 11.6. The number of fused-ring (bicyclic) bond motifs is 14. The van der Waals surface area contributed by atoms with Crippen molar-refractivity contribution < 1.29 is 0 Å². The highest BCUT2D eigenvalue weighted by Crippen LogP contribution is 2.47. The Kier molecular flexibility index (Phi) is 5.08. The predicted octanol–water partition coefficient (Wildman–Crippen LogP) is 7.52. The summed E-state index contributed by atoms with van der Waals surface area (Å²) in [4.78, 5) is 5.13. The highest BCUT2D eigenvalue weighted by Gasteiger charge is 2.56. The van der Waals surface area contributed by atoms with E-state index in [9.17, 15) is 0 Å². The third-order valence-electron chi connectivity index (χ3n) is 10.6. The molecule has 11 rings (SSSR count). The molecule has 0 atom stereocenters. The highest BCUT2D eigenvalue weighted by atomic mass is 15.6. The minimum Gasteiger partial charge on any atom is -0.311 e. The molecule has 0 N–H and O–H groups in total. The van der Waals surface area contributed by atoms with Crippen LogP contribution in [0.15, 0.2) is 164 Å². The van der Waals surface area contributed by atoms with E-state index in [0.717, 1.165) is 0 Å². The second-order valence-corrected chi connectivity index (χ2v) is 12.9. The van der Waals surface area contributed by atoms with E-state index in [1.54, 1.807) is 0 Å². The lowest BCUT2D eigenvalue weighted by Gasteiger charge is -2.37. The van der Waals surface area contributed by atoms with Crippen LogP contribution in [-0.2, 0) is 0 Å². The molecule has 5 heteroatoms. The van der Waals surface area contributed by atoms with E-state index in [0.29, 0.717) is 0 Å². The van der Waals surface area contributed by atoms with Crippen molar-refractivity contribution in [2.45, 2.75) is 0 Å². The third kappa shape index (κ3) is 3.26. The Labute approximate surface area is 274 Å². The number of nitrogens with zero attached hydrogens (tertiary/aromatic N) is 3. The minimum absolute atomic E-state index is 0.0149. The molecule has 3 aliphatic heterocycles. The molecule has 0 bridgehead atoms. The molecule has 0 aliphatic carbocycles. The SMILES string of the molecule is c1ccc(B2c3c(ccc4c5ccccc5c5ccccc5c34)N3c4cccc5c4B(c4ccccc4N5c4ccccc4)N23)cc1. The molecule has 0 saturated carbocycles. The second-order valence-electron chi connectivity index (χ2n) is 12.9. The maximum atomic E-state index is 2.68. The van der Waals surface area contributed by atoms with Crippen LogP contribution in [0.4, 0.5) is 28.4 Å². The van der Waals surface area contributed by atoms with Gasteiger partial charge in [0.05, 0.1) is 11.4 Å². The lowest BCUT2D eigenvalue weighted by molar-refractivity contribution is 0.720. The predicted molar refractivity (Wildman–Crippen MR) is 201 cm³/mol. The van der Waals surface area contributed by atoms with E-state index in [4.69, 9.17) is 0 Å². The largest absolute Gasteiger partial charge is 0.311 e. The van der Waals surface area contributed by atoms with Gasteiger partial charge in [-0.05, 0) is 85.1 Å². The number of hydrogen-bond acceptors (Lipinski definition) is 3. The summed E-state index contributed by atoms with van der Waals surface area (Å²) in [5.74, 6) is 0. The van der Waals surface area contributed by atoms with Crippen LogP contribution in [0, 0.1) is 0 Å². The summed E-state index contributed by atoms with van der Waals surface area (Å²) in [7, 11) is 0. The Balaban J connectivity index is 1.28. The molecular formula is C42H27B2N3. The maximum Gasteiger partial charge on any atom is 0.307 e. The average Bonchev–Trinajstić information content (AvgIpc) is 3.66. The van der Waals surface area contributed by atoms with Crippen LogP contribution < -0.4 is 31.8 Å². The number of hydrazine groups is 1. The number of anilines is 5. The molecule has 216 valence electrons. The first-order chi connectivity index (χ1) is 23.4. The van der Waals surface area contributed by atoms with Gasteiger partial charge in [0.15, 0.2) is 0 Å². The molecule has 0 amide bonds. The first-order valence-electron chi connectivity index (χ1n) is 16.4. The zero-order chi connectivity index (χ0) is 30.6. The summed E-state index contributed by atoms with van der Waals surface area (Å²) in [6, 6.07) is 60.5. The molecule has 0 radical (unpaired) electrons. The summed E-state index contributed by atoms with van der Waals surface area (Å²) < 4.78 is 0. The minimum atomic E-state index is 0.0149. The van der Waals surface area contributed by atoms with Crippen molar-refractivity contribution in [3.05, 3.63) is 164 Å². The Morgan fingerprint density at radius 1 is 0.362 bits per heavy atom. The normalized spacial score (nSPS) is 14.6. The highest BCUT2D eigenvalue weighted by molar-refractivity contribution is 7.02. The van der Waals surface area contributed by atoms with Gasteiger partial charge in [-0.25, -0.2) is 0 Å². The Morgan fingerprint density at radius 2 is 0.915 bits per heavy atom. The van der Waals surface area contributed by atoms with Crippen molar-refractivity contribution in [2.24, 2.45) is 0 Å². The molecule has 0 aromatic heterocycles. The van der Waals surface area contributed by atoms with Gasteiger partial charge in [0.2, 0.25) is 0 Å². The smallest absolute Gasteiger partial charge is 0.307 e. The lowest BCUT2D eigenvalue weighted by Crippen LogP contribution is -2.66. The molecular weight excluding hydrogens is 568 g/mol. The molecule has 8 aromatic rings. The van der Waals surface area contributed by atoms with Gasteiger partial charge in [-0.1, -0.05) is 133 Å². The first kappa shape index (κ1) is 25.4. The molecule has 3 nitrogen and oxygen atoms in total. The van der Waals surface area contributed by atoms with E-state index in [-0.39, 0.29) is 13.7 Å². The van der Waals surface area contributed by atoms with Gasteiger partial charge in [-0.3, -0.25) is 9.84 Å². The Bertz CT molecular complexity index is 2530. The fourth-order valence-corrected chi connectivity index (χ4v) is 8.86. The van der Waals surface area contributed by atoms with Gasteiger partial charge in [0.1, 0.15) is 0 Å². The van der Waals surface area contributed by atoms with Crippen molar-refractivity contribution in [3.63, 3.8) is 0 Å². The number of benzene rings is 8. The van der Waals surface area contributed by atoms with Gasteiger partial charge in [0, 0.05) is 17.1 Å². The van der Waals surface area contributed by atoms with Crippen LogP contribution in [0.25, 0.3) is 32.3 Å². The zero-order valence-corrected chi connectivity index (χ0v) is 25.6. The fourth-order valence-electron chi connectivity index (χ4n) is 8.86. The summed E-state index contributed by atoms with van der Waals surface area (Å²) in [6.07, 6.45) is 0. The average molecular weight is 595 g/mol. The zero-order valence-electron chi connectivity index (χ0n) is 25.6. The molecule has 0 fully saturated rings. The van der Waals surface area contributed by atoms with Gasteiger partial charge in [-0.15, -0.1) is 0 Å². The second kappa shape index (κ2) is 9.38. The van der Waals surface area contributed by atoms with Crippen molar-refractivity contribution in [1.29, 1.82) is 0 Å². The van der Waals surface area contributed by atoms with Crippen molar-refractivity contribution in [1.82, 2.24) is 4.83 Å². The van der Waals surface area contributed by atoms with Crippen molar-refractivity contribution in [3.8, 4) is 0 Å². The monoisotopic (exact) mass is 595 g/mol. The Morgan fingerprint density at radius 3 is 1.68 bits per heavy atom. The quantitative estimate of drug-likeness (QED) is 0.151. The van der Waals surface area contributed by atoms with E-state index in [2.05, 4.69) is 179 Å². The molecule has 47 heavy (non-hydrogen) atoms. The van der Waals surface area contributed by atoms with Crippen LogP contribution in [0.5, 0.6) is 0 Å². The van der Waals surface area contributed by atoms with Gasteiger partial charge < -0.3 is 4.90 Å². The van der Waals surface area contributed by atoms with Crippen LogP contribution in [0.3, 0.4) is 0 Å². The summed E-state index contributed by atoms with van der Waals surface area (Å²) in [6.45, 7) is 0.0674. The van der Waals surface area contributed by atoms with E-state index < -0.39 is 0 Å². The summed E-state index contributed by atoms with van der Waals surface area (Å²) >= 11 is 0. The Hall–Kier alpha value is -5.77. The van der Waals surface area contributed by atoms with Crippen molar-refractivity contribution in [2.75, 3.05) is 9.91 Å². The number of para-hydroxylation sites is 2. The van der Waals surface area contributed by atoms with Gasteiger partial charge in [-0.2, -0.15) is 0 Å².